The van der Waals surface area contributed by atoms with Gasteiger partial charge in [0, 0.05) is 10.6 Å². The minimum Gasteiger partial charge on any atom is -0.331 e. The lowest BCUT2D eigenvalue weighted by Gasteiger charge is -2.07. The van der Waals surface area contributed by atoms with E-state index >= 15 is 0 Å². The molecule has 7 heteroatoms. The molecule has 0 aliphatic heterocycles. The highest BCUT2D eigenvalue weighted by Gasteiger charge is 2.05. The molecule has 2 rings (SSSR count). The van der Waals surface area contributed by atoms with Crippen LogP contribution in [0.2, 0.25) is 0 Å². The van der Waals surface area contributed by atoms with Crippen LogP contribution in [-0.2, 0) is 0 Å². The van der Waals surface area contributed by atoms with Gasteiger partial charge in [0.15, 0.2) is 5.11 Å². The molecule has 0 bridgehead atoms. The molecular formula is C18H17F2N3S2. The van der Waals surface area contributed by atoms with Crippen molar-refractivity contribution in [1.29, 1.82) is 0 Å². The number of anilines is 1. The van der Waals surface area contributed by atoms with E-state index < -0.39 is 5.76 Å². The summed E-state index contributed by atoms with van der Waals surface area (Å²) in [5.74, 6) is -2.43. The van der Waals surface area contributed by atoms with Crippen LogP contribution in [0.3, 0.4) is 0 Å². The average molecular weight is 377 g/mol. The van der Waals surface area contributed by atoms with Crippen molar-refractivity contribution >= 4 is 47.1 Å². The summed E-state index contributed by atoms with van der Waals surface area (Å²) in [5, 5.41) is 7.32. The summed E-state index contributed by atoms with van der Waals surface area (Å²) in [6, 6.07) is 16.5. The molecule has 2 aromatic rings. The van der Waals surface area contributed by atoms with Gasteiger partial charge in [0.25, 0.3) is 5.76 Å². The van der Waals surface area contributed by atoms with Crippen LogP contribution >= 0.6 is 24.0 Å². The molecule has 0 radical (unpaired) electrons. The lowest BCUT2D eigenvalue weighted by Crippen LogP contribution is -2.23. The van der Waals surface area contributed by atoms with Gasteiger partial charge in [0.05, 0.1) is 6.21 Å². The molecule has 0 spiro atoms. The SMILES string of the molecule is CC(/C=N\NC(=S)Nc1ccc(SC(F)F)cc1)=C\c1ccccc1. The van der Waals surface area contributed by atoms with E-state index in [1.165, 1.54) is 0 Å². The van der Waals surface area contributed by atoms with Crippen LogP contribution in [-0.4, -0.2) is 17.1 Å². The first-order valence-corrected chi connectivity index (χ1v) is 8.70. The molecule has 2 aromatic carbocycles. The Balaban J connectivity index is 1.83. The average Bonchev–Trinajstić information content (AvgIpc) is 2.57. The molecule has 0 saturated heterocycles. The minimum atomic E-state index is -2.43. The zero-order valence-corrected chi connectivity index (χ0v) is 15.1. The third kappa shape index (κ3) is 7.45. The molecule has 0 amide bonds. The van der Waals surface area contributed by atoms with Crippen LogP contribution in [0, 0.1) is 0 Å². The summed E-state index contributed by atoms with van der Waals surface area (Å²) < 4.78 is 24.5. The molecule has 0 atom stereocenters. The second-order valence-corrected chi connectivity index (χ2v) is 6.50. The van der Waals surface area contributed by atoms with Gasteiger partial charge in [0.2, 0.25) is 0 Å². The highest BCUT2D eigenvalue weighted by Crippen LogP contribution is 2.26. The first-order valence-electron chi connectivity index (χ1n) is 7.41. The number of rotatable bonds is 6. The van der Waals surface area contributed by atoms with Crippen molar-refractivity contribution < 1.29 is 8.78 Å². The number of thioether (sulfide) groups is 1. The lowest BCUT2D eigenvalue weighted by atomic mass is 10.1. The van der Waals surface area contributed by atoms with Crippen LogP contribution in [0.5, 0.6) is 0 Å². The van der Waals surface area contributed by atoms with Gasteiger partial charge in [0.1, 0.15) is 0 Å². The van der Waals surface area contributed by atoms with Crippen LogP contribution in [0.15, 0.2) is 70.2 Å². The maximum absolute atomic E-state index is 12.3. The summed E-state index contributed by atoms with van der Waals surface area (Å²) in [6.45, 7) is 1.94. The molecule has 130 valence electrons. The predicted molar refractivity (Wildman–Crippen MR) is 106 cm³/mol. The number of hydrogen-bond acceptors (Lipinski definition) is 3. The van der Waals surface area contributed by atoms with E-state index in [9.17, 15) is 8.78 Å². The minimum absolute atomic E-state index is 0.318. The van der Waals surface area contributed by atoms with Gasteiger partial charge >= 0.3 is 0 Å². The number of hydrogen-bond donors (Lipinski definition) is 2. The lowest BCUT2D eigenvalue weighted by molar-refractivity contribution is 0.252. The van der Waals surface area contributed by atoms with Gasteiger partial charge in [-0.2, -0.15) is 13.9 Å². The Hall–Kier alpha value is -2.25. The monoisotopic (exact) mass is 377 g/mol. The van der Waals surface area contributed by atoms with Crippen molar-refractivity contribution in [2.24, 2.45) is 5.10 Å². The van der Waals surface area contributed by atoms with Gasteiger partial charge in [-0.05, 0) is 54.5 Å². The number of nitrogens with zero attached hydrogens (tertiary/aromatic N) is 1. The number of allylic oxidation sites excluding steroid dienone is 1. The molecule has 25 heavy (non-hydrogen) atoms. The first-order chi connectivity index (χ1) is 12.0. The van der Waals surface area contributed by atoms with Crippen LogP contribution < -0.4 is 10.7 Å². The molecule has 0 aliphatic carbocycles. The molecular weight excluding hydrogens is 360 g/mol. The van der Waals surface area contributed by atoms with Crippen LogP contribution in [0.1, 0.15) is 12.5 Å². The van der Waals surface area contributed by atoms with Crippen LogP contribution in [0.4, 0.5) is 14.5 Å². The standard InChI is InChI=1S/C18H17F2N3S2/c1-13(11-14-5-3-2-4-6-14)12-21-23-18(24)22-15-7-9-16(10-8-15)25-17(19)20/h2-12,17H,1H3,(H2,22,23,24)/b13-11+,21-12-. The molecule has 2 N–H and O–H groups in total. The summed E-state index contributed by atoms with van der Waals surface area (Å²) in [4.78, 5) is 0.499. The van der Waals surface area contributed by atoms with E-state index in [1.807, 2.05) is 43.3 Å². The number of benzene rings is 2. The summed E-state index contributed by atoms with van der Waals surface area (Å²) >= 11 is 5.64. The molecule has 0 saturated carbocycles. The Morgan fingerprint density at radius 1 is 1.12 bits per heavy atom. The third-order valence-electron chi connectivity index (χ3n) is 2.97. The number of nitrogens with one attached hydrogen (secondary N) is 2. The largest absolute Gasteiger partial charge is 0.331 e. The highest BCUT2D eigenvalue weighted by molar-refractivity contribution is 7.99. The van der Waals surface area contributed by atoms with Crippen molar-refractivity contribution in [3.8, 4) is 0 Å². The molecule has 0 heterocycles. The van der Waals surface area contributed by atoms with Crippen molar-refractivity contribution in [3.63, 3.8) is 0 Å². The van der Waals surface area contributed by atoms with Gasteiger partial charge in [-0.15, -0.1) is 0 Å². The van der Waals surface area contributed by atoms with Crippen LogP contribution in [0.25, 0.3) is 6.08 Å². The van der Waals surface area contributed by atoms with E-state index in [1.54, 1.807) is 30.5 Å². The van der Waals surface area contributed by atoms with E-state index in [2.05, 4.69) is 15.8 Å². The topological polar surface area (TPSA) is 36.4 Å². The Morgan fingerprint density at radius 3 is 2.44 bits per heavy atom. The van der Waals surface area contributed by atoms with E-state index in [4.69, 9.17) is 12.2 Å². The Kier molecular flexibility index (Phi) is 7.56. The van der Waals surface area contributed by atoms with E-state index in [0.29, 0.717) is 27.5 Å². The van der Waals surface area contributed by atoms with Gasteiger partial charge < -0.3 is 5.32 Å². The molecule has 3 nitrogen and oxygen atoms in total. The maximum Gasteiger partial charge on any atom is 0.288 e. The van der Waals surface area contributed by atoms with Crippen molar-refractivity contribution in [1.82, 2.24) is 5.43 Å². The van der Waals surface area contributed by atoms with Crippen molar-refractivity contribution in [2.45, 2.75) is 17.6 Å². The zero-order valence-electron chi connectivity index (χ0n) is 13.4. The first kappa shape index (κ1) is 19.1. The molecule has 0 aromatic heterocycles. The highest BCUT2D eigenvalue weighted by atomic mass is 32.2. The van der Waals surface area contributed by atoms with Crippen molar-refractivity contribution in [3.05, 3.63) is 65.7 Å². The van der Waals surface area contributed by atoms with E-state index in [-0.39, 0.29) is 0 Å². The maximum atomic E-state index is 12.3. The molecule has 0 unspecified atom stereocenters. The predicted octanol–water partition coefficient (Wildman–Crippen LogP) is 5.38. The summed E-state index contributed by atoms with van der Waals surface area (Å²) in [6.07, 6.45) is 3.67. The van der Waals surface area contributed by atoms with E-state index in [0.717, 1.165) is 11.1 Å². The smallest absolute Gasteiger partial charge is 0.288 e. The second-order valence-electron chi connectivity index (χ2n) is 5.03. The Morgan fingerprint density at radius 2 is 1.80 bits per heavy atom. The van der Waals surface area contributed by atoms with Gasteiger partial charge in [-0.25, -0.2) is 0 Å². The fraction of sp³-hybridized carbons (Fsp3) is 0.111. The number of halogens is 2. The fourth-order valence-electron chi connectivity index (χ4n) is 1.92. The number of thiocarbonyl (C=S) groups is 1. The molecule has 0 aliphatic rings. The number of alkyl halides is 2. The fourth-order valence-corrected chi connectivity index (χ4v) is 2.59. The normalized spacial score (nSPS) is 11.8. The number of hydrazone groups is 1. The van der Waals surface area contributed by atoms with Crippen molar-refractivity contribution in [2.75, 3.05) is 5.32 Å². The Labute approximate surface area is 155 Å². The zero-order chi connectivity index (χ0) is 18.1. The molecule has 0 fully saturated rings. The summed E-state index contributed by atoms with van der Waals surface area (Å²) in [5.41, 5.74) is 5.47. The van der Waals surface area contributed by atoms with Gasteiger partial charge in [-0.1, -0.05) is 48.2 Å². The summed E-state index contributed by atoms with van der Waals surface area (Å²) in [7, 11) is 0. The Bertz CT molecular complexity index is 745. The quantitative estimate of drug-likeness (QED) is 0.307. The third-order valence-corrected chi connectivity index (χ3v) is 3.88. The second kappa shape index (κ2) is 9.90. The van der Waals surface area contributed by atoms with Gasteiger partial charge in [-0.3, -0.25) is 5.43 Å².